The van der Waals surface area contributed by atoms with Crippen LogP contribution in [-0.2, 0) is 4.74 Å². The van der Waals surface area contributed by atoms with Crippen molar-refractivity contribution in [2.75, 3.05) is 5.73 Å². The average molecular weight is 309 g/mol. The first-order valence-corrected chi connectivity index (χ1v) is 7.32. The molecule has 0 spiro atoms. The van der Waals surface area contributed by atoms with E-state index in [0.29, 0.717) is 29.3 Å². The molecule has 0 aromatic carbocycles. The SMILES string of the molecule is Cc1nc(N)c2ncn([C@@H]3O[C@H](CC(C)C)[C@@H](O)[C@@H]3F)c2n1. The zero-order valence-corrected chi connectivity index (χ0v) is 12.8. The third-order valence-corrected chi connectivity index (χ3v) is 3.83. The maximum Gasteiger partial charge on any atom is 0.173 e. The zero-order valence-electron chi connectivity index (χ0n) is 12.8. The first kappa shape index (κ1) is 15.1. The Morgan fingerprint density at radius 2 is 2.18 bits per heavy atom. The van der Waals surface area contributed by atoms with Crippen LogP contribution >= 0.6 is 0 Å². The molecule has 120 valence electrons. The van der Waals surface area contributed by atoms with Crippen molar-refractivity contribution in [1.82, 2.24) is 19.5 Å². The number of ether oxygens (including phenoxy) is 1. The van der Waals surface area contributed by atoms with Crippen molar-refractivity contribution in [3.05, 3.63) is 12.2 Å². The summed E-state index contributed by atoms with van der Waals surface area (Å²) >= 11 is 0. The van der Waals surface area contributed by atoms with Crippen molar-refractivity contribution in [2.24, 2.45) is 5.92 Å². The van der Waals surface area contributed by atoms with E-state index in [1.165, 1.54) is 10.9 Å². The topological polar surface area (TPSA) is 99.1 Å². The number of aliphatic hydroxyl groups is 1. The summed E-state index contributed by atoms with van der Waals surface area (Å²) < 4.78 is 21.7. The minimum atomic E-state index is -1.54. The Morgan fingerprint density at radius 1 is 1.45 bits per heavy atom. The molecule has 1 fully saturated rings. The summed E-state index contributed by atoms with van der Waals surface area (Å²) in [5, 5.41) is 10.1. The van der Waals surface area contributed by atoms with E-state index in [4.69, 9.17) is 10.5 Å². The first-order valence-electron chi connectivity index (χ1n) is 7.32. The number of halogens is 1. The van der Waals surface area contributed by atoms with Gasteiger partial charge < -0.3 is 15.6 Å². The Labute approximate surface area is 127 Å². The smallest absolute Gasteiger partial charge is 0.173 e. The first-order chi connectivity index (χ1) is 10.4. The number of hydrogen-bond donors (Lipinski definition) is 2. The highest BCUT2D eigenvalue weighted by Gasteiger charge is 2.45. The lowest BCUT2D eigenvalue weighted by Crippen LogP contribution is -2.29. The fourth-order valence-corrected chi connectivity index (χ4v) is 2.82. The average Bonchev–Trinajstić information content (AvgIpc) is 2.95. The Morgan fingerprint density at radius 3 is 2.86 bits per heavy atom. The van der Waals surface area contributed by atoms with E-state index in [0.717, 1.165) is 0 Å². The van der Waals surface area contributed by atoms with Gasteiger partial charge in [-0.3, -0.25) is 4.57 Å². The van der Waals surface area contributed by atoms with Gasteiger partial charge in [-0.1, -0.05) is 13.8 Å². The monoisotopic (exact) mass is 309 g/mol. The van der Waals surface area contributed by atoms with Crippen LogP contribution in [0.4, 0.5) is 10.2 Å². The van der Waals surface area contributed by atoms with Crippen molar-refractivity contribution >= 4 is 17.0 Å². The van der Waals surface area contributed by atoms with E-state index in [9.17, 15) is 9.50 Å². The van der Waals surface area contributed by atoms with Crippen molar-refractivity contribution in [1.29, 1.82) is 0 Å². The summed E-state index contributed by atoms with van der Waals surface area (Å²) in [7, 11) is 0. The van der Waals surface area contributed by atoms with Gasteiger partial charge in [-0.2, -0.15) is 0 Å². The van der Waals surface area contributed by atoms with Crippen LogP contribution in [0.25, 0.3) is 11.2 Å². The lowest BCUT2D eigenvalue weighted by molar-refractivity contribution is -0.0309. The summed E-state index contributed by atoms with van der Waals surface area (Å²) in [6, 6.07) is 0. The molecule has 2 aromatic rings. The largest absolute Gasteiger partial charge is 0.387 e. The molecule has 2 aromatic heterocycles. The van der Waals surface area contributed by atoms with E-state index in [1.54, 1.807) is 6.92 Å². The number of fused-ring (bicyclic) bond motifs is 1. The Hall–Kier alpha value is -1.80. The van der Waals surface area contributed by atoms with E-state index < -0.39 is 24.6 Å². The van der Waals surface area contributed by atoms with Gasteiger partial charge in [-0.15, -0.1) is 0 Å². The van der Waals surface area contributed by atoms with Crippen molar-refractivity contribution in [3.63, 3.8) is 0 Å². The van der Waals surface area contributed by atoms with Crippen molar-refractivity contribution in [3.8, 4) is 0 Å². The molecule has 0 bridgehead atoms. The van der Waals surface area contributed by atoms with Gasteiger partial charge in [0.15, 0.2) is 23.9 Å². The predicted molar refractivity (Wildman–Crippen MR) is 78.7 cm³/mol. The lowest BCUT2D eigenvalue weighted by Gasteiger charge is -2.16. The second kappa shape index (κ2) is 5.44. The van der Waals surface area contributed by atoms with Crippen molar-refractivity contribution in [2.45, 2.75) is 51.8 Å². The molecule has 3 rings (SSSR count). The molecular weight excluding hydrogens is 289 g/mol. The van der Waals surface area contributed by atoms with Crippen LogP contribution in [0, 0.1) is 12.8 Å². The Kier molecular flexibility index (Phi) is 3.73. The molecule has 0 saturated carbocycles. The van der Waals surface area contributed by atoms with Gasteiger partial charge in [0.25, 0.3) is 0 Å². The highest BCUT2D eigenvalue weighted by atomic mass is 19.1. The van der Waals surface area contributed by atoms with E-state index >= 15 is 0 Å². The lowest BCUT2D eigenvalue weighted by atomic mass is 10.0. The van der Waals surface area contributed by atoms with E-state index in [-0.39, 0.29) is 5.82 Å². The molecule has 1 aliphatic rings. The van der Waals surface area contributed by atoms with Gasteiger partial charge >= 0.3 is 0 Å². The molecular formula is C14H20FN5O2. The molecule has 7 nitrogen and oxygen atoms in total. The van der Waals surface area contributed by atoms with Crippen LogP contribution in [0.1, 0.15) is 32.3 Å². The van der Waals surface area contributed by atoms with Gasteiger partial charge in [0.2, 0.25) is 0 Å². The number of imidazole rings is 1. The van der Waals surface area contributed by atoms with Crippen molar-refractivity contribution < 1.29 is 14.2 Å². The van der Waals surface area contributed by atoms with Crippen LogP contribution in [0.5, 0.6) is 0 Å². The fraction of sp³-hybridized carbons (Fsp3) is 0.643. The van der Waals surface area contributed by atoms with Crippen LogP contribution in [-0.4, -0.2) is 43.0 Å². The van der Waals surface area contributed by atoms with Crippen LogP contribution in [0.15, 0.2) is 6.33 Å². The molecule has 1 saturated heterocycles. The standard InChI is InChI=1S/C14H20FN5O2/c1-6(2)4-8-11(21)9(15)14(22-8)20-5-17-10-12(16)18-7(3)19-13(10)20/h5-6,8-9,11,14,21H,4H2,1-3H3,(H2,16,18,19)/t8-,9+,11-,14-/m1/s1. The molecule has 0 radical (unpaired) electrons. The quantitative estimate of drug-likeness (QED) is 0.888. The molecule has 3 N–H and O–H groups in total. The summed E-state index contributed by atoms with van der Waals surface area (Å²) in [6.45, 7) is 5.70. The second-order valence-corrected chi connectivity index (χ2v) is 6.11. The summed E-state index contributed by atoms with van der Waals surface area (Å²) in [6.07, 6.45) is -2.20. The number of nitrogens with two attached hydrogens (primary N) is 1. The summed E-state index contributed by atoms with van der Waals surface area (Å²) in [5.41, 5.74) is 6.63. The van der Waals surface area contributed by atoms with Crippen LogP contribution < -0.4 is 5.73 Å². The molecule has 0 aliphatic carbocycles. The van der Waals surface area contributed by atoms with Gasteiger partial charge in [0.1, 0.15) is 17.4 Å². The highest BCUT2D eigenvalue weighted by molar-refractivity contribution is 5.81. The van der Waals surface area contributed by atoms with Crippen LogP contribution in [0.3, 0.4) is 0 Å². The number of aryl methyl sites for hydroxylation is 1. The number of alkyl halides is 1. The van der Waals surface area contributed by atoms with Gasteiger partial charge in [0.05, 0.1) is 12.4 Å². The molecule has 4 atom stereocenters. The zero-order chi connectivity index (χ0) is 16.0. The molecule has 3 heterocycles. The highest BCUT2D eigenvalue weighted by Crippen LogP contribution is 2.36. The Bertz CT molecular complexity index is 689. The Balaban J connectivity index is 1.98. The number of nitrogens with zero attached hydrogens (tertiary/aromatic N) is 4. The molecule has 1 aliphatic heterocycles. The molecule has 8 heteroatoms. The van der Waals surface area contributed by atoms with Crippen LogP contribution in [0.2, 0.25) is 0 Å². The predicted octanol–water partition coefficient (Wildman–Crippen LogP) is 1.36. The maximum absolute atomic E-state index is 14.5. The minimum absolute atomic E-state index is 0.244. The fourth-order valence-electron chi connectivity index (χ4n) is 2.82. The normalized spacial score (nSPS) is 28.8. The summed E-state index contributed by atoms with van der Waals surface area (Å²) in [4.78, 5) is 12.4. The maximum atomic E-state index is 14.5. The van der Waals surface area contributed by atoms with E-state index in [2.05, 4.69) is 15.0 Å². The third-order valence-electron chi connectivity index (χ3n) is 3.83. The number of aliphatic hydroxyl groups excluding tert-OH is 1. The van der Waals surface area contributed by atoms with Gasteiger partial charge in [-0.05, 0) is 19.3 Å². The minimum Gasteiger partial charge on any atom is -0.387 e. The number of hydrogen-bond acceptors (Lipinski definition) is 6. The number of nitrogen functional groups attached to an aromatic ring is 1. The second-order valence-electron chi connectivity index (χ2n) is 6.11. The molecule has 0 unspecified atom stereocenters. The number of anilines is 1. The third kappa shape index (κ3) is 2.42. The van der Waals surface area contributed by atoms with Gasteiger partial charge in [0, 0.05) is 0 Å². The number of aromatic nitrogens is 4. The van der Waals surface area contributed by atoms with Gasteiger partial charge in [-0.25, -0.2) is 19.3 Å². The van der Waals surface area contributed by atoms with E-state index in [1.807, 2.05) is 13.8 Å². The molecule has 0 amide bonds. The summed E-state index contributed by atoms with van der Waals surface area (Å²) in [5.74, 6) is 1.01. The molecule has 22 heavy (non-hydrogen) atoms. The number of rotatable bonds is 3.